The van der Waals surface area contributed by atoms with Crippen molar-refractivity contribution < 1.29 is 9.13 Å². The molecule has 0 bridgehead atoms. The number of nitrogens with one attached hydrogen (secondary N) is 1. The zero-order chi connectivity index (χ0) is 13.4. The van der Waals surface area contributed by atoms with Gasteiger partial charge in [-0.3, -0.25) is 0 Å². The molecule has 0 aliphatic heterocycles. The van der Waals surface area contributed by atoms with Gasteiger partial charge >= 0.3 is 0 Å². The van der Waals surface area contributed by atoms with Crippen molar-refractivity contribution in [1.29, 1.82) is 0 Å². The van der Waals surface area contributed by atoms with E-state index >= 15 is 0 Å². The minimum atomic E-state index is -0.268. The van der Waals surface area contributed by atoms with Gasteiger partial charge < -0.3 is 15.0 Å². The Morgan fingerprint density at radius 3 is 2.61 bits per heavy atom. The molecule has 3 nitrogen and oxygen atoms in total. The molecule has 4 heteroatoms. The van der Waals surface area contributed by atoms with Gasteiger partial charge in [0.15, 0.2) is 11.6 Å². The zero-order valence-electron chi connectivity index (χ0n) is 11.5. The number of likely N-dealkylation sites (N-methyl/N-ethyl adjacent to an activating group) is 1. The molecule has 1 N–H and O–H groups in total. The highest BCUT2D eigenvalue weighted by Crippen LogP contribution is 2.19. The summed E-state index contributed by atoms with van der Waals surface area (Å²) in [5.74, 6) is 0.0355. The average molecular weight is 254 g/mol. The van der Waals surface area contributed by atoms with E-state index in [1.807, 2.05) is 6.07 Å². The summed E-state index contributed by atoms with van der Waals surface area (Å²) in [6.45, 7) is 8.76. The predicted molar refractivity (Wildman–Crippen MR) is 72.4 cm³/mol. The van der Waals surface area contributed by atoms with Crippen LogP contribution in [0.2, 0.25) is 0 Å². The summed E-state index contributed by atoms with van der Waals surface area (Å²) in [6.07, 6.45) is 0. The molecule has 1 aromatic rings. The molecule has 0 spiro atoms. The SMILES string of the molecule is CCN(CC)CCNCc1cccc(OC)c1F. The first-order valence-electron chi connectivity index (χ1n) is 6.47. The van der Waals surface area contributed by atoms with Gasteiger partial charge in [-0.25, -0.2) is 4.39 Å². The first-order valence-corrected chi connectivity index (χ1v) is 6.47. The second-order valence-electron chi connectivity index (χ2n) is 4.14. The Morgan fingerprint density at radius 1 is 1.28 bits per heavy atom. The van der Waals surface area contributed by atoms with Crippen molar-refractivity contribution in [2.75, 3.05) is 33.3 Å². The van der Waals surface area contributed by atoms with Gasteiger partial charge in [0.1, 0.15) is 0 Å². The number of rotatable bonds is 8. The van der Waals surface area contributed by atoms with E-state index < -0.39 is 0 Å². The molecule has 0 heterocycles. The fourth-order valence-electron chi connectivity index (χ4n) is 1.85. The second-order valence-corrected chi connectivity index (χ2v) is 4.14. The lowest BCUT2D eigenvalue weighted by Gasteiger charge is -2.18. The van der Waals surface area contributed by atoms with E-state index in [-0.39, 0.29) is 5.82 Å². The molecule has 0 amide bonds. The van der Waals surface area contributed by atoms with Gasteiger partial charge in [0.2, 0.25) is 0 Å². The molecule has 1 aromatic carbocycles. The van der Waals surface area contributed by atoms with Gasteiger partial charge in [-0.15, -0.1) is 0 Å². The van der Waals surface area contributed by atoms with E-state index in [0.717, 1.165) is 26.2 Å². The van der Waals surface area contributed by atoms with E-state index in [1.165, 1.54) is 7.11 Å². The average Bonchev–Trinajstić information content (AvgIpc) is 2.40. The summed E-state index contributed by atoms with van der Waals surface area (Å²) in [7, 11) is 1.48. The predicted octanol–water partition coefficient (Wildman–Crippen LogP) is 2.27. The van der Waals surface area contributed by atoms with Crippen molar-refractivity contribution in [3.8, 4) is 5.75 Å². The Hall–Kier alpha value is -1.13. The van der Waals surface area contributed by atoms with E-state index in [1.54, 1.807) is 12.1 Å². The minimum absolute atomic E-state index is 0.268. The van der Waals surface area contributed by atoms with E-state index in [0.29, 0.717) is 17.9 Å². The van der Waals surface area contributed by atoms with Gasteiger partial charge in [-0.1, -0.05) is 26.0 Å². The van der Waals surface area contributed by atoms with Crippen molar-refractivity contribution in [2.45, 2.75) is 20.4 Å². The lowest BCUT2D eigenvalue weighted by molar-refractivity contribution is 0.302. The maximum atomic E-state index is 13.8. The van der Waals surface area contributed by atoms with E-state index in [9.17, 15) is 4.39 Å². The first-order chi connectivity index (χ1) is 8.72. The van der Waals surface area contributed by atoms with Crippen LogP contribution in [0, 0.1) is 5.82 Å². The van der Waals surface area contributed by atoms with Gasteiger partial charge in [0.25, 0.3) is 0 Å². The lowest BCUT2D eigenvalue weighted by atomic mass is 10.2. The number of ether oxygens (including phenoxy) is 1. The third kappa shape index (κ3) is 4.27. The number of hydrogen-bond donors (Lipinski definition) is 1. The zero-order valence-corrected chi connectivity index (χ0v) is 11.5. The van der Waals surface area contributed by atoms with Crippen LogP contribution in [0.4, 0.5) is 4.39 Å². The van der Waals surface area contributed by atoms with Crippen molar-refractivity contribution in [3.05, 3.63) is 29.6 Å². The molecule has 1 rings (SSSR count). The summed E-state index contributed by atoms with van der Waals surface area (Å²) < 4.78 is 18.8. The highest BCUT2D eigenvalue weighted by molar-refractivity contribution is 5.30. The maximum Gasteiger partial charge on any atom is 0.169 e. The summed E-state index contributed by atoms with van der Waals surface area (Å²) in [4.78, 5) is 2.33. The largest absolute Gasteiger partial charge is 0.494 e. The Labute approximate surface area is 109 Å². The molecular formula is C14H23FN2O. The Bertz CT molecular complexity index is 354. The maximum absolute atomic E-state index is 13.8. The molecule has 0 fully saturated rings. The molecule has 0 saturated heterocycles. The van der Waals surface area contributed by atoms with Crippen LogP contribution in [0.5, 0.6) is 5.75 Å². The quantitative estimate of drug-likeness (QED) is 0.720. The Kier molecular flexibility index (Phi) is 6.68. The summed E-state index contributed by atoms with van der Waals surface area (Å²) >= 11 is 0. The van der Waals surface area contributed by atoms with Crippen LogP contribution in [0.3, 0.4) is 0 Å². The van der Waals surface area contributed by atoms with Gasteiger partial charge in [0.05, 0.1) is 7.11 Å². The summed E-state index contributed by atoms with van der Waals surface area (Å²) in [5, 5.41) is 3.26. The first kappa shape index (κ1) is 14.9. The van der Waals surface area contributed by atoms with E-state index in [4.69, 9.17) is 4.74 Å². The lowest BCUT2D eigenvalue weighted by Crippen LogP contribution is -2.31. The molecule has 0 saturated carbocycles. The second kappa shape index (κ2) is 8.06. The fourth-order valence-corrected chi connectivity index (χ4v) is 1.85. The normalized spacial score (nSPS) is 10.9. The molecule has 0 aliphatic carbocycles. The minimum Gasteiger partial charge on any atom is -0.494 e. The van der Waals surface area contributed by atoms with Gasteiger partial charge in [-0.2, -0.15) is 0 Å². The van der Waals surface area contributed by atoms with Crippen LogP contribution in [0.1, 0.15) is 19.4 Å². The van der Waals surface area contributed by atoms with E-state index in [2.05, 4.69) is 24.1 Å². The number of nitrogens with zero attached hydrogens (tertiary/aromatic N) is 1. The molecule has 0 unspecified atom stereocenters. The third-order valence-corrected chi connectivity index (χ3v) is 3.08. The molecule has 0 radical (unpaired) electrons. The summed E-state index contributed by atoms with van der Waals surface area (Å²) in [6, 6.07) is 5.22. The number of benzene rings is 1. The third-order valence-electron chi connectivity index (χ3n) is 3.08. The van der Waals surface area contributed by atoms with Gasteiger partial charge in [-0.05, 0) is 19.2 Å². The fraction of sp³-hybridized carbons (Fsp3) is 0.571. The van der Waals surface area contributed by atoms with Crippen LogP contribution >= 0.6 is 0 Å². The van der Waals surface area contributed by atoms with Crippen LogP contribution in [0.25, 0.3) is 0 Å². The number of methoxy groups -OCH3 is 1. The Balaban J connectivity index is 2.40. The smallest absolute Gasteiger partial charge is 0.169 e. The number of halogens is 1. The van der Waals surface area contributed by atoms with Crippen molar-refractivity contribution in [2.24, 2.45) is 0 Å². The Morgan fingerprint density at radius 2 is 2.00 bits per heavy atom. The monoisotopic (exact) mass is 254 g/mol. The number of hydrogen-bond acceptors (Lipinski definition) is 3. The highest BCUT2D eigenvalue weighted by Gasteiger charge is 2.07. The van der Waals surface area contributed by atoms with Crippen molar-refractivity contribution in [3.63, 3.8) is 0 Å². The molecule has 102 valence electrons. The van der Waals surface area contributed by atoms with Crippen LogP contribution in [0.15, 0.2) is 18.2 Å². The standard InChI is InChI=1S/C14H23FN2O/c1-4-17(5-2)10-9-16-11-12-7-6-8-13(18-3)14(12)15/h6-8,16H,4-5,9-11H2,1-3H3. The molecule has 0 atom stereocenters. The molecular weight excluding hydrogens is 231 g/mol. The van der Waals surface area contributed by atoms with Crippen molar-refractivity contribution in [1.82, 2.24) is 10.2 Å². The summed E-state index contributed by atoms with van der Waals surface area (Å²) in [5.41, 5.74) is 0.647. The van der Waals surface area contributed by atoms with Crippen LogP contribution in [-0.4, -0.2) is 38.2 Å². The van der Waals surface area contributed by atoms with Gasteiger partial charge in [0, 0.05) is 25.2 Å². The van der Waals surface area contributed by atoms with Crippen LogP contribution in [-0.2, 0) is 6.54 Å². The topological polar surface area (TPSA) is 24.5 Å². The molecule has 0 aliphatic rings. The molecule has 18 heavy (non-hydrogen) atoms. The molecule has 0 aromatic heterocycles. The van der Waals surface area contributed by atoms with Crippen molar-refractivity contribution >= 4 is 0 Å². The van der Waals surface area contributed by atoms with Crippen LogP contribution < -0.4 is 10.1 Å². The highest BCUT2D eigenvalue weighted by atomic mass is 19.1.